The van der Waals surface area contributed by atoms with E-state index in [-0.39, 0.29) is 11.8 Å². The summed E-state index contributed by atoms with van der Waals surface area (Å²) in [6, 6.07) is 11.8. The Morgan fingerprint density at radius 3 is 2.29 bits per heavy atom. The molecule has 0 aliphatic rings. The number of hydrogen-bond acceptors (Lipinski definition) is 3. The Morgan fingerprint density at radius 2 is 1.75 bits per heavy atom. The highest BCUT2D eigenvalue weighted by Crippen LogP contribution is 2.25. The smallest absolute Gasteiger partial charge is 0.216 e. The summed E-state index contributed by atoms with van der Waals surface area (Å²) in [7, 11) is -1.93. The Bertz CT molecular complexity index is 792. The fraction of sp³-hybridized carbons (Fsp3) is 0.294. The van der Waals surface area contributed by atoms with Gasteiger partial charge in [-0.05, 0) is 41.8 Å². The van der Waals surface area contributed by atoms with E-state index in [1.165, 1.54) is 0 Å². The van der Waals surface area contributed by atoms with Crippen molar-refractivity contribution in [1.29, 1.82) is 0 Å². The van der Waals surface area contributed by atoms with Crippen molar-refractivity contribution in [2.45, 2.75) is 25.1 Å². The van der Waals surface area contributed by atoms with Gasteiger partial charge in [0.1, 0.15) is 5.75 Å². The summed E-state index contributed by atoms with van der Waals surface area (Å²) >= 11 is 11.8. The van der Waals surface area contributed by atoms with Gasteiger partial charge in [0.2, 0.25) is 10.0 Å². The van der Waals surface area contributed by atoms with Crippen LogP contribution in [0.5, 0.6) is 5.75 Å². The van der Waals surface area contributed by atoms with Gasteiger partial charge in [-0.3, -0.25) is 0 Å². The highest BCUT2D eigenvalue weighted by Gasteiger charge is 2.19. The zero-order valence-corrected chi connectivity index (χ0v) is 15.8. The number of hydrogen-bond donors (Lipinski definition) is 1. The van der Waals surface area contributed by atoms with Gasteiger partial charge in [-0.2, -0.15) is 0 Å². The van der Waals surface area contributed by atoms with Crippen LogP contribution in [0.15, 0.2) is 42.5 Å². The third-order valence-electron chi connectivity index (χ3n) is 3.59. The van der Waals surface area contributed by atoms with E-state index in [9.17, 15) is 8.42 Å². The minimum atomic E-state index is -3.52. The fourth-order valence-electron chi connectivity index (χ4n) is 2.33. The monoisotopic (exact) mass is 387 g/mol. The molecule has 0 saturated heterocycles. The predicted octanol–water partition coefficient (Wildman–Crippen LogP) is 4.57. The van der Waals surface area contributed by atoms with Crippen molar-refractivity contribution in [3.8, 4) is 5.75 Å². The van der Waals surface area contributed by atoms with Crippen LogP contribution < -0.4 is 9.46 Å². The summed E-state index contributed by atoms with van der Waals surface area (Å²) in [6.45, 7) is 1.93. The molecule has 0 radical (unpaired) electrons. The normalized spacial score (nSPS) is 12.8. The lowest BCUT2D eigenvalue weighted by Gasteiger charge is -2.18. The minimum absolute atomic E-state index is 0.156. The molecule has 2 rings (SSSR count). The van der Waals surface area contributed by atoms with Crippen LogP contribution in [0.4, 0.5) is 0 Å². The zero-order valence-electron chi connectivity index (χ0n) is 13.4. The Morgan fingerprint density at radius 1 is 1.08 bits per heavy atom. The molecule has 0 spiro atoms. The van der Waals surface area contributed by atoms with Crippen molar-refractivity contribution in [2.75, 3.05) is 7.11 Å². The van der Waals surface area contributed by atoms with Gasteiger partial charge in [0, 0.05) is 6.04 Å². The number of ether oxygens (including phenoxy) is 1. The highest BCUT2D eigenvalue weighted by molar-refractivity contribution is 7.88. The lowest BCUT2D eigenvalue weighted by atomic mass is 10.1. The molecular formula is C17H19Cl2NO3S. The number of methoxy groups -OCH3 is 1. The highest BCUT2D eigenvalue weighted by atomic mass is 35.5. The van der Waals surface area contributed by atoms with Gasteiger partial charge in [-0.15, -0.1) is 0 Å². The summed E-state index contributed by atoms with van der Waals surface area (Å²) in [5.41, 5.74) is 1.47. The predicted molar refractivity (Wildman–Crippen MR) is 98.2 cm³/mol. The van der Waals surface area contributed by atoms with Crippen molar-refractivity contribution in [1.82, 2.24) is 4.72 Å². The van der Waals surface area contributed by atoms with E-state index in [0.29, 0.717) is 22.0 Å². The van der Waals surface area contributed by atoms with E-state index in [0.717, 1.165) is 11.3 Å². The second-order valence-electron chi connectivity index (χ2n) is 5.36. The molecule has 0 heterocycles. The van der Waals surface area contributed by atoms with Crippen LogP contribution in [0.25, 0.3) is 0 Å². The molecule has 0 aliphatic carbocycles. The van der Waals surface area contributed by atoms with Crippen LogP contribution in [0.3, 0.4) is 0 Å². The van der Waals surface area contributed by atoms with Gasteiger partial charge < -0.3 is 4.74 Å². The van der Waals surface area contributed by atoms with Crippen molar-refractivity contribution < 1.29 is 13.2 Å². The maximum absolute atomic E-state index is 12.5. The molecule has 0 aromatic heterocycles. The van der Waals surface area contributed by atoms with Gasteiger partial charge in [0.15, 0.2) is 0 Å². The van der Waals surface area contributed by atoms with Gasteiger partial charge in [-0.1, -0.05) is 48.3 Å². The maximum Gasteiger partial charge on any atom is 0.216 e. The largest absolute Gasteiger partial charge is 0.497 e. The van der Waals surface area contributed by atoms with Crippen LogP contribution in [0.1, 0.15) is 30.5 Å². The fourth-order valence-corrected chi connectivity index (χ4v) is 4.09. The summed E-state index contributed by atoms with van der Waals surface area (Å²) in [6.07, 6.45) is 0.632. The molecule has 0 amide bonds. The van der Waals surface area contributed by atoms with Crippen LogP contribution >= 0.6 is 23.2 Å². The Hall–Kier alpha value is -1.27. The van der Waals surface area contributed by atoms with E-state index in [4.69, 9.17) is 27.9 Å². The van der Waals surface area contributed by atoms with Crippen LogP contribution in [-0.4, -0.2) is 15.5 Å². The second-order valence-corrected chi connectivity index (χ2v) is 7.93. The number of benzene rings is 2. The zero-order chi connectivity index (χ0) is 17.7. The minimum Gasteiger partial charge on any atom is -0.497 e. The first-order chi connectivity index (χ1) is 11.3. The van der Waals surface area contributed by atoms with E-state index < -0.39 is 10.0 Å². The molecule has 0 bridgehead atoms. The van der Waals surface area contributed by atoms with E-state index >= 15 is 0 Å². The van der Waals surface area contributed by atoms with E-state index in [1.807, 2.05) is 31.2 Å². The second kappa shape index (κ2) is 8.21. The third kappa shape index (κ3) is 5.11. The van der Waals surface area contributed by atoms with Crippen molar-refractivity contribution in [3.63, 3.8) is 0 Å². The number of nitrogens with one attached hydrogen (secondary N) is 1. The molecule has 130 valence electrons. The van der Waals surface area contributed by atoms with Crippen molar-refractivity contribution in [3.05, 3.63) is 63.6 Å². The molecule has 0 unspecified atom stereocenters. The first-order valence-electron chi connectivity index (χ1n) is 7.42. The molecule has 0 saturated carbocycles. The topological polar surface area (TPSA) is 55.4 Å². The summed E-state index contributed by atoms with van der Waals surface area (Å²) < 4.78 is 32.8. The first kappa shape index (κ1) is 19.1. The SMILES string of the molecule is CC[C@H](NS(=O)(=O)Cc1ccc(Cl)c(Cl)c1)c1ccc(OC)cc1. The Labute approximate surface area is 152 Å². The number of rotatable bonds is 7. The van der Waals surface area contributed by atoms with Crippen LogP contribution in [0.2, 0.25) is 10.0 Å². The first-order valence-corrected chi connectivity index (χ1v) is 9.83. The quantitative estimate of drug-likeness (QED) is 0.756. The molecule has 2 aromatic carbocycles. The van der Waals surface area contributed by atoms with Gasteiger partial charge in [-0.25, -0.2) is 13.1 Å². The lowest BCUT2D eigenvalue weighted by Crippen LogP contribution is -2.29. The maximum atomic E-state index is 12.5. The van der Waals surface area contributed by atoms with Gasteiger partial charge >= 0.3 is 0 Å². The molecule has 2 aromatic rings. The average molecular weight is 388 g/mol. The lowest BCUT2D eigenvalue weighted by molar-refractivity contribution is 0.414. The third-order valence-corrected chi connectivity index (χ3v) is 5.68. The van der Waals surface area contributed by atoms with E-state index in [2.05, 4.69) is 4.72 Å². The van der Waals surface area contributed by atoms with Gasteiger partial charge in [0.25, 0.3) is 0 Å². The Kier molecular flexibility index (Phi) is 6.52. The standard InChI is InChI=1S/C17H19Cl2NO3S/c1-3-17(13-5-7-14(23-2)8-6-13)20-24(21,22)11-12-4-9-15(18)16(19)10-12/h4-10,17,20H,3,11H2,1-2H3/t17-/m0/s1. The van der Waals surface area contributed by atoms with Gasteiger partial charge in [0.05, 0.1) is 22.9 Å². The van der Waals surface area contributed by atoms with Crippen LogP contribution in [0, 0.1) is 0 Å². The molecule has 24 heavy (non-hydrogen) atoms. The molecule has 0 fully saturated rings. The molecule has 0 aliphatic heterocycles. The van der Waals surface area contributed by atoms with Crippen LogP contribution in [-0.2, 0) is 15.8 Å². The number of sulfonamides is 1. The molecule has 1 N–H and O–H groups in total. The average Bonchev–Trinajstić information content (AvgIpc) is 2.56. The van der Waals surface area contributed by atoms with Crippen molar-refractivity contribution >= 4 is 33.2 Å². The number of halogens is 2. The van der Waals surface area contributed by atoms with Crippen molar-refractivity contribution in [2.24, 2.45) is 0 Å². The molecule has 7 heteroatoms. The molecule has 4 nitrogen and oxygen atoms in total. The molecular weight excluding hydrogens is 369 g/mol. The summed E-state index contributed by atoms with van der Waals surface area (Å²) in [4.78, 5) is 0. The summed E-state index contributed by atoms with van der Waals surface area (Å²) in [5.74, 6) is 0.573. The summed E-state index contributed by atoms with van der Waals surface area (Å²) in [5, 5.41) is 0.738. The molecule has 1 atom stereocenters. The van der Waals surface area contributed by atoms with E-state index in [1.54, 1.807) is 25.3 Å². The Balaban J connectivity index is 2.14.